The number of benzene rings is 3. The molecular formula is C26H20Br2IN3O4. The van der Waals surface area contributed by atoms with E-state index in [0.29, 0.717) is 32.6 Å². The summed E-state index contributed by atoms with van der Waals surface area (Å²) in [6, 6.07) is 18.2. The quantitative estimate of drug-likeness (QED) is 0.172. The van der Waals surface area contributed by atoms with Crippen molar-refractivity contribution >= 4 is 84.1 Å². The fourth-order valence-corrected chi connectivity index (χ4v) is 5.30. The van der Waals surface area contributed by atoms with Gasteiger partial charge in [-0.25, -0.2) is 9.69 Å². The van der Waals surface area contributed by atoms with Gasteiger partial charge in [0.1, 0.15) is 24.6 Å². The van der Waals surface area contributed by atoms with Gasteiger partial charge >= 0.3 is 6.03 Å². The standard InChI is InChI=1S/C26H20Br2IN3O4/c1-15-3-2-4-19(9-15)30-23(33)13-32-25(34)22(31-26(32)35)12-17-10-20(27)24(21(28)11-17)36-14-16-5-7-18(29)8-6-16/h2-12H,13-14H2,1H3,(H,30,33)(H,31,35)/b22-12+. The number of nitrogens with one attached hydrogen (secondary N) is 2. The zero-order valence-electron chi connectivity index (χ0n) is 19.0. The van der Waals surface area contributed by atoms with Gasteiger partial charge in [-0.1, -0.05) is 24.3 Å². The maximum atomic E-state index is 12.8. The molecule has 36 heavy (non-hydrogen) atoms. The third kappa shape index (κ3) is 6.54. The van der Waals surface area contributed by atoms with E-state index in [1.54, 1.807) is 30.3 Å². The number of urea groups is 1. The number of amides is 4. The Balaban J connectivity index is 1.43. The van der Waals surface area contributed by atoms with Crippen molar-refractivity contribution in [3.8, 4) is 5.75 Å². The zero-order valence-corrected chi connectivity index (χ0v) is 24.3. The molecule has 1 aliphatic heterocycles. The average molecular weight is 725 g/mol. The number of anilines is 1. The number of halogens is 3. The first kappa shape index (κ1) is 26.4. The molecule has 1 fully saturated rings. The van der Waals surface area contributed by atoms with Crippen LogP contribution in [0.15, 0.2) is 75.3 Å². The van der Waals surface area contributed by atoms with Crippen LogP contribution < -0.4 is 15.4 Å². The summed E-state index contributed by atoms with van der Waals surface area (Å²) in [5.74, 6) is -0.428. The molecule has 1 saturated heterocycles. The maximum Gasteiger partial charge on any atom is 0.329 e. The zero-order chi connectivity index (χ0) is 25.8. The molecule has 0 spiro atoms. The Labute approximate surface area is 238 Å². The summed E-state index contributed by atoms with van der Waals surface area (Å²) in [5, 5.41) is 5.25. The first-order valence-corrected chi connectivity index (χ1v) is 13.4. The van der Waals surface area contributed by atoms with Crippen LogP contribution in [0.25, 0.3) is 6.08 Å². The van der Waals surface area contributed by atoms with Gasteiger partial charge in [0.15, 0.2) is 0 Å². The summed E-state index contributed by atoms with van der Waals surface area (Å²) in [7, 11) is 0. The maximum absolute atomic E-state index is 12.8. The van der Waals surface area contributed by atoms with Gasteiger partial charge in [-0.15, -0.1) is 0 Å². The predicted molar refractivity (Wildman–Crippen MR) is 153 cm³/mol. The molecule has 0 aliphatic carbocycles. The lowest BCUT2D eigenvalue weighted by Gasteiger charge is -2.12. The van der Waals surface area contributed by atoms with Gasteiger partial charge in [0.05, 0.1) is 8.95 Å². The molecule has 1 heterocycles. The first-order valence-electron chi connectivity index (χ1n) is 10.8. The first-order chi connectivity index (χ1) is 17.2. The summed E-state index contributed by atoms with van der Waals surface area (Å²) in [4.78, 5) is 38.5. The molecule has 0 saturated carbocycles. The van der Waals surface area contributed by atoms with E-state index in [-0.39, 0.29) is 5.70 Å². The highest BCUT2D eigenvalue weighted by Gasteiger charge is 2.35. The highest BCUT2D eigenvalue weighted by molar-refractivity contribution is 14.1. The van der Waals surface area contributed by atoms with Crippen LogP contribution in [-0.4, -0.2) is 29.3 Å². The molecule has 0 atom stereocenters. The lowest BCUT2D eigenvalue weighted by molar-refractivity contribution is -0.127. The molecule has 1 aliphatic rings. The molecule has 0 bridgehead atoms. The number of nitrogens with zero attached hydrogens (tertiary/aromatic N) is 1. The van der Waals surface area contributed by atoms with Crippen molar-refractivity contribution in [3.63, 3.8) is 0 Å². The van der Waals surface area contributed by atoms with E-state index in [9.17, 15) is 14.4 Å². The second kappa shape index (κ2) is 11.6. The summed E-state index contributed by atoms with van der Waals surface area (Å²) < 4.78 is 8.48. The van der Waals surface area contributed by atoms with E-state index in [1.165, 1.54) is 0 Å². The topological polar surface area (TPSA) is 87.7 Å². The van der Waals surface area contributed by atoms with E-state index in [4.69, 9.17) is 4.74 Å². The van der Waals surface area contributed by atoms with E-state index < -0.39 is 24.4 Å². The smallest absolute Gasteiger partial charge is 0.329 e. The van der Waals surface area contributed by atoms with Gasteiger partial charge in [-0.05, 0) is 121 Å². The minimum absolute atomic E-state index is 0.0784. The Hall–Kier alpha value is -2.70. The van der Waals surface area contributed by atoms with Crippen molar-refractivity contribution in [2.45, 2.75) is 13.5 Å². The highest BCUT2D eigenvalue weighted by Crippen LogP contribution is 2.36. The Morgan fingerprint density at radius 2 is 1.78 bits per heavy atom. The van der Waals surface area contributed by atoms with Gasteiger partial charge in [0, 0.05) is 9.26 Å². The summed E-state index contributed by atoms with van der Waals surface area (Å²) >= 11 is 9.29. The Kier molecular flexibility index (Phi) is 8.47. The fourth-order valence-electron chi connectivity index (χ4n) is 3.49. The van der Waals surface area contributed by atoms with Crippen molar-refractivity contribution in [3.05, 3.63) is 95.6 Å². The average Bonchev–Trinajstić information content (AvgIpc) is 3.07. The largest absolute Gasteiger partial charge is 0.487 e. The van der Waals surface area contributed by atoms with Crippen LogP contribution >= 0.6 is 54.5 Å². The van der Waals surface area contributed by atoms with E-state index in [0.717, 1.165) is 19.6 Å². The van der Waals surface area contributed by atoms with Gasteiger partial charge in [0.25, 0.3) is 5.91 Å². The van der Waals surface area contributed by atoms with Gasteiger partial charge in [-0.2, -0.15) is 0 Å². The Morgan fingerprint density at radius 1 is 1.08 bits per heavy atom. The second-order valence-electron chi connectivity index (χ2n) is 8.03. The van der Waals surface area contributed by atoms with Gasteiger partial charge < -0.3 is 15.4 Å². The molecule has 2 N–H and O–H groups in total. The van der Waals surface area contributed by atoms with Gasteiger partial charge in [-0.3, -0.25) is 9.59 Å². The van der Waals surface area contributed by atoms with Crippen LogP contribution in [0.3, 0.4) is 0 Å². The van der Waals surface area contributed by atoms with Crippen LogP contribution in [0, 0.1) is 10.5 Å². The fraction of sp³-hybridized carbons (Fsp3) is 0.115. The normalized spacial score (nSPS) is 14.2. The number of aryl methyl sites for hydroxylation is 1. The second-order valence-corrected chi connectivity index (χ2v) is 11.0. The van der Waals surface area contributed by atoms with Gasteiger partial charge in [0.2, 0.25) is 5.91 Å². The Bertz CT molecular complexity index is 1350. The van der Waals surface area contributed by atoms with Crippen LogP contribution in [-0.2, 0) is 16.2 Å². The number of hydrogen-bond donors (Lipinski definition) is 2. The lowest BCUT2D eigenvalue weighted by atomic mass is 10.2. The number of imide groups is 1. The van der Waals surface area contributed by atoms with E-state index in [1.807, 2.05) is 43.3 Å². The van der Waals surface area contributed by atoms with Crippen molar-refractivity contribution in [1.82, 2.24) is 10.2 Å². The molecule has 0 radical (unpaired) electrons. The van der Waals surface area contributed by atoms with Crippen molar-refractivity contribution in [2.75, 3.05) is 11.9 Å². The molecule has 184 valence electrons. The van der Waals surface area contributed by atoms with Crippen molar-refractivity contribution < 1.29 is 19.1 Å². The number of carbonyl (C=O) groups is 3. The molecule has 4 rings (SSSR count). The molecule has 0 aromatic heterocycles. The van der Waals surface area contributed by atoms with Crippen LogP contribution in [0.4, 0.5) is 10.5 Å². The number of hydrogen-bond acceptors (Lipinski definition) is 4. The molecule has 10 heteroatoms. The summed E-state index contributed by atoms with van der Waals surface area (Å²) in [6.45, 7) is 1.90. The minimum atomic E-state index is -0.652. The van der Waals surface area contributed by atoms with E-state index >= 15 is 0 Å². The van der Waals surface area contributed by atoms with Crippen molar-refractivity contribution in [1.29, 1.82) is 0 Å². The third-order valence-corrected chi connectivity index (χ3v) is 7.09. The monoisotopic (exact) mass is 723 g/mol. The van der Waals surface area contributed by atoms with E-state index in [2.05, 4.69) is 65.1 Å². The Morgan fingerprint density at radius 3 is 2.44 bits per heavy atom. The number of ether oxygens (including phenoxy) is 1. The highest BCUT2D eigenvalue weighted by atomic mass is 127. The SMILES string of the molecule is Cc1cccc(NC(=O)CN2C(=O)N/C(=C/c3cc(Br)c(OCc4ccc(I)cc4)c(Br)c3)C2=O)c1. The van der Waals surface area contributed by atoms with Crippen LogP contribution in [0.5, 0.6) is 5.75 Å². The van der Waals surface area contributed by atoms with Crippen LogP contribution in [0.1, 0.15) is 16.7 Å². The molecule has 7 nitrogen and oxygen atoms in total. The lowest BCUT2D eigenvalue weighted by Crippen LogP contribution is -2.38. The summed E-state index contributed by atoms with van der Waals surface area (Å²) in [6.07, 6.45) is 1.55. The van der Waals surface area contributed by atoms with Crippen LogP contribution in [0.2, 0.25) is 0 Å². The molecular weight excluding hydrogens is 705 g/mol. The molecule has 3 aromatic carbocycles. The van der Waals surface area contributed by atoms with Crippen molar-refractivity contribution in [2.24, 2.45) is 0 Å². The number of carbonyl (C=O) groups excluding carboxylic acids is 3. The summed E-state index contributed by atoms with van der Waals surface area (Å²) in [5.41, 5.74) is 3.35. The minimum Gasteiger partial charge on any atom is -0.487 e. The predicted octanol–water partition coefficient (Wildman–Crippen LogP) is 6.24. The third-order valence-electron chi connectivity index (χ3n) is 5.19. The number of rotatable bonds is 7. The molecule has 4 amide bonds. The molecule has 3 aromatic rings. The molecule has 0 unspecified atom stereocenters.